The van der Waals surface area contributed by atoms with Crippen molar-refractivity contribution < 1.29 is 42.9 Å². The van der Waals surface area contributed by atoms with Gasteiger partial charge in [0.2, 0.25) is 9.70 Å². The van der Waals surface area contributed by atoms with Gasteiger partial charge in [0.25, 0.3) is 5.91 Å². The minimum Gasteiger partial charge on any atom is -0.461 e. The Morgan fingerprint density at radius 3 is 2.32 bits per heavy atom. The minimum absolute atomic E-state index is 0.0928. The molecule has 2 N–H and O–H groups in total. The van der Waals surface area contributed by atoms with Crippen LogP contribution in [-0.4, -0.2) is 94.2 Å². The summed E-state index contributed by atoms with van der Waals surface area (Å²) in [5.41, 5.74) is 0.354. The van der Waals surface area contributed by atoms with Crippen molar-refractivity contribution >= 4 is 81.6 Å². The molecule has 2 aliphatic heterocycles. The number of esters is 2. The van der Waals surface area contributed by atoms with Crippen molar-refractivity contribution in [3.8, 4) is 0 Å². The van der Waals surface area contributed by atoms with Crippen LogP contribution in [0.2, 0.25) is 0 Å². The summed E-state index contributed by atoms with van der Waals surface area (Å²) < 4.78 is 20.2. The number of hydrogen-bond donors (Lipinski definition) is 2. The summed E-state index contributed by atoms with van der Waals surface area (Å²) in [5.74, 6) is -3.09. The monoisotopic (exact) mass is 838 g/mol. The smallest absolute Gasteiger partial charge is 0.408 e. The average molecular weight is 840 g/mol. The molecule has 3 heterocycles. The minimum atomic E-state index is -1.75. The van der Waals surface area contributed by atoms with E-state index in [2.05, 4.69) is 10.6 Å². The van der Waals surface area contributed by atoms with Crippen LogP contribution >= 0.6 is 34.8 Å². The Labute approximate surface area is 343 Å². The SMILES string of the molecule is C[C@H](NC(=O)[C@@H](OC(=O)C(C)(C)/C=C/c1ccc2ccc([C@@H](C)NC(=O)OC(C)(C)C)nc2c1)C1CCOCC1)C(=O)N1CCC[C@@H](C(=O)OCC(Cl)(Cl)Cl)C1. The number of aromatic nitrogens is 1. The van der Waals surface area contributed by atoms with E-state index >= 15 is 0 Å². The molecule has 4 atom stereocenters. The maximum atomic E-state index is 13.8. The van der Waals surface area contributed by atoms with Gasteiger partial charge in [-0.25, -0.2) is 4.79 Å². The number of hydrogen-bond acceptors (Lipinski definition) is 10. The second kappa shape index (κ2) is 19.2. The van der Waals surface area contributed by atoms with Crippen LogP contribution in [0.15, 0.2) is 36.4 Å². The molecule has 0 saturated carbocycles. The number of carbonyl (C=O) groups excluding carboxylic acids is 5. The third kappa shape index (κ3) is 13.5. The van der Waals surface area contributed by atoms with E-state index in [1.807, 2.05) is 37.3 Å². The van der Waals surface area contributed by atoms with E-state index in [1.165, 1.54) is 4.90 Å². The molecule has 4 rings (SSSR count). The fourth-order valence-corrected chi connectivity index (χ4v) is 6.51. The Morgan fingerprint density at radius 1 is 0.982 bits per heavy atom. The standard InChI is InChI=1S/C40H53Cl3N4O9/c1-24(45-37(52)56-38(3,4)5)30-13-12-27-11-10-26(21-31(27)46-30)14-17-39(6,7)36(51)55-32(28-15-19-53-20-16-28)33(48)44-25(2)34(49)47-18-8-9-29(22-47)35(50)54-23-40(41,42)43/h10-14,17,21,24-25,28-29,32H,8-9,15-16,18-20,22-23H2,1-7H3,(H,44,48)(H,45,52)/b17-14+/t24-,25+,29-,32+/m1/s1. The van der Waals surface area contributed by atoms with Crippen LogP contribution < -0.4 is 10.6 Å². The van der Waals surface area contributed by atoms with Gasteiger partial charge in [0, 0.05) is 37.6 Å². The number of benzene rings is 1. The van der Waals surface area contributed by atoms with E-state index in [1.54, 1.807) is 53.7 Å². The molecule has 1 aromatic carbocycles. The lowest BCUT2D eigenvalue weighted by Gasteiger charge is -2.35. The van der Waals surface area contributed by atoms with E-state index in [-0.39, 0.29) is 18.4 Å². The maximum absolute atomic E-state index is 13.8. The molecule has 0 radical (unpaired) electrons. The van der Waals surface area contributed by atoms with Gasteiger partial charge in [0.15, 0.2) is 6.10 Å². The number of carbonyl (C=O) groups is 5. The van der Waals surface area contributed by atoms with Crippen LogP contribution in [0.4, 0.5) is 4.79 Å². The number of amides is 3. The number of piperidine rings is 1. The number of alkyl carbamates (subject to hydrolysis) is 1. The number of rotatable bonds is 12. The molecule has 2 fully saturated rings. The fraction of sp³-hybridized carbons (Fsp3) is 0.600. The number of halogens is 3. The van der Waals surface area contributed by atoms with Gasteiger partial charge < -0.3 is 34.5 Å². The molecular formula is C40H53Cl3N4O9. The number of pyridine rings is 1. The van der Waals surface area contributed by atoms with Gasteiger partial charge in [-0.2, -0.15) is 0 Å². The first-order valence-electron chi connectivity index (χ1n) is 18.8. The van der Waals surface area contributed by atoms with E-state index in [9.17, 15) is 24.0 Å². The quantitative estimate of drug-likeness (QED) is 0.131. The van der Waals surface area contributed by atoms with Crippen LogP contribution in [0, 0.1) is 17.3 Å². The van der Waals surface area contributed by atoms with E-state index in [0.29, 0.717) is 56.7 Å². The number of nitrogens with zero attached hydrogens (tertiary/aromatic N) is 2. The van der Waals surface area contributed by atoms with Gasteiger partial charge in [-0.1, -0.05) is 65.2 Å². The third-order valence-electron chi connectivity index (χ3n) is 9.49. The zero-order chi connectivity index (χ0) is 41.4. The van der Waals surface area contributed by atoms with E-state index in [4.69, 9.17) is 58.7 Å². The highest BCUT2D eigenvalue weighted by Gasteiger charge is 2.39. The molecule has 13 nitrogen and oxygen atoms in total. The summed E-state index contributed by atoms with van der Waals surface area (Å²) in [4.78, 5) is 72.2. The van der Waals surface area contributed by atoms with Crippen molar-refractivity contribution in [1.82, 2.24) is 20.5 Å². The molecule has 56 heavy (non-hydrogen) atoms. The molecule has 2 aliphatic rings. The van der Waals surface area contributed by atoms with E-state index < -0.39 is 69.5 Å². The predicted molar refractivity (Wildman–Crippen MR) is 214 cm³/mol. The molecule has 16 heteroatoms. The topological polar surface area (TPSA) is 162 Å². The van der Waals surface area contributed by atoms with Crippen LogP contribution in [0.3, 0.4) is 0 Å². The van der Waals surface area contributed by atoms with Crippen LogP contribution in [-0.2, 0) is 38.1 Å². The molecule has 0 spiro atoms. The molecule has 308 valence electrons. The van der Waals surface area contributed by atoms with Gasteiger partial charge >= 0.3 is 18.0 Å². The lowest BCUT2D eigenvalue weighted by Crippen LogP contribution is -2.54. The van der Waals surface area contributed by atoms with Crippen molar-refractivity contribution in [2.75, 3.05) is 32.9 Å². The third-order valence-corrected chi connectivity index (χ3v) is 9.82. The van der Waals surface area contributed by atoms with Crippen LogP contribution in [0.25, 0.3) is 17.0 Å². The van der Waals surface area contributed by atoms with Gasteiger partial charge in [-0.15, -0.1) is 0 Å². The largest absolute Gasteiger partial charge is 0.461 e. The maximum Gasteiger partial charge on any atom is 0.408 e. The van der Waals surface area contributed by atoms with Crippen molar-refractivity contribution in [3.63, 3.8) is 0 Å². The molecule has 3 amide bonds. The Hall–Kier alpha value is -3.65. The summed E-state index contributed by atoms with van der Waals surface area (Å²) in [6.45, 7) is 13.0. The van der Waals surface area contributed by atoms with Crippen LogP contribution in [0.5, 0.6) is 0 Å². The summed E-state index contributed by atoms with van der Waals surface area (Å²) in [5, 5.41) is 6.46. The Balaban J connectivity index is 1.42. The first kappa shape index (κ1) is 45.1. The normalized spacial score (nSPS) is 18.8. The van der Waals surface area contributed by atoms with Crippen LogP contribution in [0.1, 0.15) is 91.4 Å². The first-order chi connectivity index (χ1) is 26.1. The second-order valence-corrected chi connectivity index (χ2v) is 18.5. The lowest BCUT2D eigenvalue weighted by molar-refractivity contribution is -0.168. The highest BCUT2D eigenvalue weighted by Crippen LogP contribution is 2.29. The van der Waals surface area contributed by atoms with Gasteiger partial charge in [-0.05, 0) is 91.8 Å². The Morgan fingerprint density at radius 2 is 1.66 bits per heavy atom. The first-order valence-corrected chi connectivity index (χ1v) is 20.0. The fourth-order valence-electron chi connectivity index (χ4n) is 6.35. The summed E-state index contributed by atoms with van der Waals surface area (Å²) in [7, 11) is 0. The van der Waals surface area contributed by atoms with Crippen molar-refractivity contribution in [3.05, 3.63) is 47.7 Å². The average Bonchev–Trinajstić information content (AvgIpc) is 3.13. The van der Waals surface area contributed by atoms with Gasteiger partial charge in [0.05, 0.1) is 28.6 Å². The number of likely N-dealkylation sites (tertiary alicyclic amines) is 1. The Kier molecular flexibility index (Phi) is 15.4. The highest BCUT2D eigenvalue weighted by molar-refractivity contribution is 6.67. The number of nitrogens with one attached hydrogen (secondary N) is 2. The summed E-state index contributed by atoms with van der Waals surface area (Å²) >= 11 is 17.1. The summed E-state index contributed by atoms with van der Waals surface area (Å²) in [6, 6.07) is 8.10. The molecule has 0 aliphatic carbocycles. The number of ether oxygens (including phenoxy) is 4. The molecule has 1 aromatic heterocycles. The zero-order valence-corrected chi connectivity index (χ0v) is 35.3. The zero-order valence-electron chi connectivity index (χ0n) is 33.0. The molecular weight excluding hydrogens is 787 g/mol. The van der Waals surface area contributed by atoms with Crippen molar-refractivity contribution in [2.24, 2.45) is 17.3 Å². The summed E-state index contributed by atoms with van der Waals surface area (Å²) in [6.07, 6.45) is 3.84. The van der Waals surface area contributed by atoms with Gasteiger partial charge in [0.1, 0.15) is 18.2 Å². The predicted octanol–water partition coefficient (Wildman–Crippen LogP) is 6.86. The molecule has 0 unspecified atom stereocenters. The second-order valence-electron chi connectivity index (χ2n) is 16.0. The van der Waals surface area contributed by atoms with Crippen molar-refractivity contribution in [1.29, 1.82) is 0 Å². The number of alkyl halides is 3. The highest BCUT2D eigenvalue weighted by atomic mass is 35.6. The van der Waals surface area contributed by atoms with E-state index in [0.717, 1.165) is 10.9 Å². The Bertz CT molecular complexity index is 1770. The number of fused-ring (bicyclic) bond motifs is 1. The van der Waals surface area contributed by atoms with Crippen molar-refractivity contribution in [2.45, 2.75) is 102 Å². The lowest BCUT2D eigenvalue weighted by atomic mass is 9.90. The molecule has 2 saturated heterocycles. The molecule has 0 bridgehead atoms. The van der Waals surface area contributed by atoms with Gasteiger partial charge in [-0.3, -0.25) is 24.2 Å². The molecule has 2 aromatic rings.